The van der Waals surface area contributed by atoms with Crippen molar-refractivity contribution in [2.45, 2.75) is 6.92 Å². The van der Waals surface area contributed by atoms with Gasteiger partial charge in [-0.1, -0.05) is 12.1 Å². The summed E-state index contributed by atoms with van der Waals surface area (Å²) in [4.78, 5) is 0. The Kier molecular flexibility index (Phi) is 1.50. The maximum absolute atomic E-state index is 5.37. The summed E-state index contributed by atoms with van der Waals surface area (Å²) in [5.41, 5.74) is 2.19. The van der Waals surface area contributed by atoms with Crippen LogP contribution in [0.1, 0.15) is 5.56 Å². The van der Waals surface area contributed by atoms with Crippen LogP contribution in [0.3, 0.4) is 0 Å². The molecule has 2 rings (SSSR count). The Morgan fingerprint density at radius 1 is 1.36 bits per heavy atom. The number of aryl methyl sites for hydroxylation is 1. The molecule has 0 spiro atoms. The third kappa shape index (κ3) is 1.07. The molecule has 1 heterocycles. The lowest BCUT2D eigenvalue weighted by Gasteiger charge is -1.90. The van der Waals surface area contributed by atoms with E-state index in [9.17, 15) is 0 Å². The van der Waals surface area contributed by atoms with Gasteiger partial charge in [-0.3, -0.25) is 0 Å². The molecule has 0 N–H and O–H groups in total. The van der Waals surface area contributed by atoms with Crippen LogP contribution in [0.2, 0.25) is 0 Å². The van der Waals surface area contributed by atoms with Gasteiger partial charge in [0.15, 0.2) is 4.67 Å². The van der Waals surface area contributed by atoms with Gasteiger partial charge in [0.2, 0.25) is 0 Å². The van der Waals surface area contributed by atoms with Gasteiger partial charge in [0.05, 0.1) is 0 Å². The fraction of sp³-hybridized carbons (Fsp3) is 0.111. The lowest BCUT2D eigenvalue weighted by molar-refractivity contribution is 0.587. The minimum atomic E-state index is 0.793. The Labute approximate surface area is 73.1 Å². The average molecular weight is 211 g/mol. The van der Waals surface area contributed by atoms with E-state index in [4.69, 9.17) is 4.42 Å². The third-order valence-electron chi connectivity index (χ3n) is 1.75. The summed E-state index contributed by atoms with van der Waals surface area (Å²) in [7, 11) is 0. The number of rotatable bonds is 0. The normalized spacial score (nSPS) is 10.7. The van der Waals surface area contributed by atoms with Crippen LogP contribution in [0.15, 0.2) is 33.4 Å². The van der Waals surface area contributed by atoms with Crippen molar-refractivity contribution in [2.24, 2.45) is 0 Å². The van der Waals surface area contributed by atoms with E-state index in [1.807, 2.05) is 18.2 Å². The van der Waals surface area contributed by atoms with Crippen molar-refractivity contribution in [1.29, 1.82) is 0 Å². The number of benzene rings is 1. The largest absolute Gasteiger partial charge is 0.449 e. The second kappa shape index (κ2) is 2.38. The molecule has 0 radical (unpaired) electrons. The molecular weight excluding hydrogens is 204 g/mol. The van der Waals surface area contributed by atoms with E-state index < -0.39 is 0 Å². The summed E-state index contributed by atoms with van der Waals surface area (Å²) < 4.78 is 6.16. The first kappa shape index (κ1) is 6.92. The Morgan fingerprint density at radius 2 is 2.18 bits per heavy atom. The zero-order chi connectivity index (χ0) is 7.84. The SMILES string of the molecule is Cc1cccc2oc(Br)cc12. The fourth-order valence-corrected chi connectivity index (χ4v) is 1.58. The monoisotopic (exact) mass is 210 g/mol. The number of hydrogen-bond donors (Lipinski definition) is 0. The van der Waals surface area contributed by atoms with Crippen LogP contribution in [-0.2, 0) is 0 Å². The highest BCUT2D eigenvalue weighted by Crippen LogP contribution is 2.25. The molecular formula is C9H7BrO. The van der Waals surface area contributed by atoms with Gasteiger partial charge in [-0.15, -0.1) is 0 Å². The molecule has 2 heteroatoms. The van der Waals surface area contributed by atoms with Gasteiger partial charge >= 0.3 is 0 Å². The van der Waals surface area contributed by atoms with Gasteiger partial charge in [-0.05, 0) is 40.5 Å². The van der Waals surface area contributed by atoms with Gasteiger partial charge < -0.3 is 4.42 Å². The standard InChI is InChI=1S/C9H7BrO/c1-6-3-2-4-8-7(6)5-9(10)11-8/h2-5H,1H3. The highest BCUT2D eigenvalue weighted by Gasteiger charge is 2.01. The Balaban J connectivity index is 2.90. The zero-order valence-corrected chi connectivity index (χ0v) is 7.68. The molecule has 0 aliphatic carbocycles. The number of hydrogen-bond acceptors (Lipinski definition) is 1. The van der Waals surface area contributed by atoms with Crippen LogP contribution in [0.5, 0.6) is 0 Å². The molecule has 56 valence electrons. The molecule has 0 unspecified atom stereocenters. The van der Waals surface area contributed by atoms with Crippen LogP contribution in [-0.4, -0.2) is 0 Å². The van der Waals surface area contributed by atoms with Crippen LogP contribution in [0.25, 0.3) is 11.0 Å². The topological polar surface area (TPSA) is 13.1 Å². The maximum Gasteiger partial charge on any atom is 0.170 e. The quantitative estimate of drug-likeness (QED) is 0.649. The second-order valence-electron chi connectivity index (χ2n) is 2.54. The van der Waals surface area contributed by atoms with E-state index in [1.54, 1.807) is 0 Å². The number of furan rings is 1. The van der Waals surface area contributed by atoms with Gasteiger partial charge in [0.1, 0.15) is 5.58 Å². The first-order chi connectivity index (χ1) is 5.27. The van der Waals surface area contributed by atoms with Gasteiger partial charge in [0.25, 0.3) is 0 Å². The number of halogens is 1. The highest BCUT2D eigenvalue weighted by atomic mass is 79.9. The van der Waals surface area contributed by atoms with Crippen molar-refractivity contribution >= 4 is 26.9 Å². The van der Waals surface area contributed by atoms with Crippen molar-refractivity contribution in [3.05, 3.63) is 34.5 Å². The summed E-state index contributed by atoms with van der Waals surface area (Å²) in [6.07, 6.45) is 0. The molecule has 0 saturated heterocycles. The summed E-state index contributed by atoms with van der Waals surface area (Å²) in [6, 6.07) is 8.02. The first-order valence-electron chi connectivity index (χ1n) is 3.42. The summed E-state index contributed by atoms with van der Waals surface area (Å²) in [6.45, 7) is 2.07. The van der Waals surface area contributed by atoms with Gasteiger partial charge in [-0.2, -0.15) is 0 Å². The van der Waals surface area contributed by atoms with Crippen molar-refractivity contribution in [3.8, 4) is 0 Å². The van der Waals surface area contributed by atoms with Gasteiger partial charge in [0, 0.05) is 5.39 Å². The second-order valence-corrected chi connectivity index (χ2v) is 3.32. The lowest BCUT2D eigenvalue weighted by Crippen LogP contribution is -1.69. The average Bonchev–Trinajstić information content (AvgIpc) is 2.31. The first-order valence-corrected chi connectivity index (χ1v) is 4.21. The highest BCUT2D eigenvalue weighted by molar-refractivity contribution is 9.10. The number of fused-ring (bicyclic) bond motifs is 1. The van der Waals surface area contributed by atoms with E-state index >= 15 is 0 Å². The van der Waals surface area contributed by atoms with Crippen LogP contribution < -0.4 is 0 Å². The third-order valence-corrected chi connectivity index (χ3v) is 2.14. The van der Waals surface area contributed by atoms with Crippen molar-refractivity contribution in [2.75, 3.05) is 0 Å². The molecule has 0 aliphatic heterocycles. The Hall–Kier alpha value is -0.760. The van der Waals surface area contributed by atoms with Crippen molar-refractivity contribution < 1.29 is 4.42 Å². The Bertz CT molecular complexity index is 389. The molecule has 0 amide bonds. The Morgan fingerprint density at radius 3 is 2.91 bits per heavy atom. The molecule has 2 aromatic rings. The van der Waals surface area contributed by atoms with Crippen molar-refractivity contribution in [3.63, 3.8) is 0 Å². The zero-order valence-electron chi connectivity index (χ0n) is 6.10. The van der Waals surface area contributed by atoms with Crippen LogP contribution in [0.4, 0.5) is 0 Å². The molecule has 1 nitrogen and oxygen atoms in total. The minimum Gasteiger partial charge on any atom is -0.449 e. The molecule has 1 aromatic carbocycles. The van der Waals surface area contributed by atoms with E-state index in [-0.39, 0.29) is 0 Å². The smallest absolute Gasteiger partial charge is 0.170 e. The predicted molar refractivity (Wildman–Crippen MR) is 48.7 cm³/mol. The van der Waals surface area contributed by atoms with Crippen LogP contribution >= 0.6 is 15.9 Å². The molecule has 0 fully saturated rings. The summed E-state index contributed by atoms with van der Waals surface area (Å²) in [5, 5.41) is 1.18. The van der Waals surface area contributed by atoms with Gasteiger partial charge in [-0.25, -0.2) is 0 Å². The lowest BCUT2D eigenvalue weighted by atomic mass is 10.1. The summed E-state index contributed by atoms with van der Waals surface area (Å²) >= 11 is 3.29. The molecule has 11 heavy (non-hydrogen) atoms. The molecule has 0 saturated carbocycles. The molecule has 0 aliphatic rings. The minimum absolute atomic E-state index is 0.793. The predicted octanol–water partition coefficient (Wildman–Crippen LogP) is 3.50. The maximum atomic E-state index is 5.37. The van der Waals surface area contributed by atoms with E-state index in [2.05, 4.69) is 28.9 Å². The summed E-state index contributed by atoms with van der Waals surface area (Å²) in [5.74, 6) is 0. The van der Waals surface area contributed by atoms with E-state index in [1.165, 1.54) is 10.9 Å². The van der Waals surface area contributed by atoms with Crippen molar-refractivity contribution in [1.82, 2.24) is 0 Å². The molecule has 1 aromatic heterocycles. The molecule has 0 bridgehead atoms. The van der Waals surface area contributed by atoms with E-state index in [0.29, 0.717) is 0 Å². The fourth-order valence-electron chi connectivity index (χ4n) is 1.18. The van der Waals surface area contributed by atoms with Crippen LogP contribution in [0, 0.1) is 6.92 Å². The molecule has 0 atom stereocenters. The van der Waals surface area contributed by atoms with E-state index in [0.717, 1.165) is 10.3 Å².